The van der Waals surface area contributed by atoms with E-state index in [4.69, 9.17) is 5.11 Å². The summed E-state index contributed by atoms with van der Waals surface area (Å²) in [6.07, 6.45) is 0. The van der Waals surface area contributed by atoms with Crippen molar-refractivity contribution in [2.24, 2.45) is 0 Å². The van der Waals surface area contributed by atoms with E-state index in [0.29, 0.717) is 5.56 Å². The minimum atomic E-state index is -1.05. The second-order valence-electron chi connectivity index (χ2n) is 3.89. The van der Waals surface area contributed by atoms with Crippen LogP contribution in [0.4, 0.5) is 4.39 Å². The Hall–Kier alpha value is -1.38. The summed E-state index contributed by atoms with van der Waals surface area (Å²) in [6, 6.07) is 4.20. The fraction of sp³-hybridized carbons (Fsp3) is 0.364. The van der Waals surface area contributed by atoms with E-state index in [9.17, 15) is 9.18 Å². The zero-order valence-corrected chi connectivity index (χ0v) is 8.47. The van der Waals surface area contributed by atoms with Gasteiger partial charge in [-0.2, -0.15) is 0 Å². The smallest absolute Gasteiger partial charge is 0.313 e. The number of halogens is 1. The van der Waals surface area contributed by atoms with Gasteiger partial charge in [-0.15, -0.1) is 0 Å². The molecule has 0 aliphatic heterocycles. The van der Waals surface area contributed by atoms with E-state index in [2.05, 4.69) is 0 Å². The molecule has 0 fully saturated rings. The molecule has 0 atom stereocenters. The first-order chi connectivity index (χ1) is 6.35. The van der Waals surface area contributed by atoms with Gasteiger partial charge in [-0.1, -0.05) is 6.07 Å². The van der Waals surface area contributed by atoms with Crippen LogP contribution in [0.5, 0.6) is 0 Å². The van der Waals surface area contributed by atoms with Crippen molar-refractivity contribution in [3.63, 3.8) is 0 Å². The van der Waals surface area contributed by atoms with Crippen LogP contribution in [-0.2, 0) is 10.2 Å². The minimum Gasteiger partial charge on any atom is -0.481 e. The number of carboxylic acids is 1. The highest BCUT2D eigenvalue weighted by Gasteiger charge is 2.31. The highest BCUT2D eigenvalue weighted by atomic mass is 19.1. The van der Waals surface area contributed by atoms with Crippen LogP contribution in [0.25, 0.3) is 0 Å². The highest BCUT2D eigenvalue weighted by Crippen LogP contribution is 2.27. The average molecular weight is 196 g/mol. The molecule has 0 aliphatic rings. The van der Waals surface area contributed by atoms with E-state index in [1.165, 1.54) is 12.1 Å². The van der Waals surface area contributed by atoms with Crippen LogP contribution in [0, 0.1) is 12.7 Å². The summed E-state index contributed by atoms with van der Waals surface area (Å²) in [5.74, 6) is -1.36. The van der Waals surface area contributed by atoms with Gasteiger partial charge < -0.3 is 5.11 Å². The molecule has 0 saturated carbocycles. The maximum Gasteiger partial charge on any atom is 0.313 e. The lowest BCUT2D eigenvalue weighted by Crippen LogP contribution is -2.29. The zero-order valence-electron chi connectivity index (χ0n) is 8.47. The van der Waals surface area contributed by atoms with Gasteiger partial charge in [0, 0.05) is 0 Å². The molecular formula is C11H13FO2. The molecule has 0 aliphatic carbocycles. The van der Waals surface area contributed by atoms with Crippen LogP contribution < -0.4 is 0 Å². The number of aryl methyl sites for hydroxylation is 1. The molecule has 1 rings (SSSR count). The van der Waals surface area contributed by atoms with E-state index in [0.717, 1.165) is 5.56 Å². The molecule has 0 spiro atoms. The van der Waals surface area contributed by atoms with Crippen molar-refractivity contribution in [1.29, 1.82) is 0 Å². The van der Waals surface area contributed by atoms with E-state index < -0.39 is 17.2 Å². The van der Waals surface area contributed by atoms with Crippen molar-refractivity contribution in [2.75, 3.05) is 0 Å². The van der Waals surface area contributed by atoms with Crippen molar-refractivity contribution >= 4 is 5.97 Å². The fourth-order valence-corrected chi connectivity index (χ4v) is 1.38. The lowest BCUT2D eigenvalue weighted by atomic mass is 9.82. The number of aliphatic carboxylic acids is 1. The molecule has 0 aromatic heterocycles. The maximum absolute atomic E-state index is 12.9. The van der Waals surface area contributed by atoms with Gasteiger partial charge in [0.15, 0.2) is 0 Å². The Morgan fingerprint density at radius 3 is 2.50 bits per heavy atom. The molecular weight excluding hydrogens is 183 g/mol. The number of benzene rings is 1. The first-order valence-electron chi connectivity index (χ1n) is 4.35. The summed E-state index contributed by atoms with van der Waals surface area (Å²) in [7, 11) is 0. The third-order valence-corrected chi connectivity index (χ3v) is 2.41. The molecule has 1 N–H and O–H groups in total. The van der Waals surface area contributed by atoms with Gasteiger partial charge in [0.2, 0.25) is 0 Å². The summed E-state index contributed by atoms with van der Waals surface area (Å²) in [5.41, 5.74) is 0.260. The summed E-state index contributed by atoms with van der Waals surface area (Å²) in [4.78, 5) is 11.0. The van der Waals surface area contributed by atoms with Crippen molar-refractivity contribution in [2.45, 2.75) is 26.2 Å². The first-order valence-corrected chi connectivity index (χ1v) is 4.35. The molecule has 0 saturated heterocycles. The van der Waals surface area contributed by atoms with Gasteiger partial charge in [-0.05, 0) is 44.0 Å². The fourth-order valence-electron chi connectivity index (χ4n) is 1.38. The van der Waals surface area contributed by atoms with Crippen LogP contribution >= 0.6 is 0 Å². The SMILES string of the molecule is Cc1ccc(F)cc1C(C)(C)C(=O)O. The lowest BCUT2D eigenvalue weighted by Gasteiger charge is -2.21. The predicted octanol–water partition coefficient (Wildman–Crippen LogP) is 2.50. The largest absolute Gasteiger partial charge is 0.481 e. The van der Waals surface area contributed by atoms with Crippen LogP contribution in [0.3, 0.4) is 0 Å². The number of hydrogen-bond donors (Lipinski definition) is 1. The van der Waals surface area contributed by atoms with Crippen LogP contribution in [0.2, 0.25) is 0 Å². The van der Waals surface area contributed by atoms with Gasteiger partial charge >= 0.3 is 5.97 Å². The van der Waals surface area contributed by atoms with Crippen LogP contribution in [0.1, 0.15) is 25.0 Å². The Morgan fingerprint density at radius 1 is 1.43 bits per heavy atom. The van der Waals surface area contributed by atoms with Crippen molar-refractivity contribution in [3.05, 3.63) is 35.1 Å². The normalized spacial score (nSPS) is 11.4. The Kier molecular flexibility index (Phi) is 2.60. The number of carbonyl (C=O) groups is 1. The summed E-state index contributed by atoms with van der Waals surface area (Å²) in [5, 5.41) is 8.99. The van der Waals surface area contributed by atoms with Gasteiger partial charge in [-0.25, -0.2) is 4.39 Å². The minimum absolute atomic E-state index is 0.403. The predicted molar refractivity (Wildman–Crippen MR) is 51.8 cm³/mol. The van der Waals surface area contributed by atoms with E-state index >= 15 is 0 Å². The van der Waals surface area contributed by atoms with E-state index in [-0.39, 0.29) is 0 Å². The van der Waals surface area contributed by atoms with Crippen molar-refractivity contribution in [3.8, 4) is 0 Å². The second-order valence-corrected chi connectivity index (χ2v) is 3.89. The Morgan fingerprint density at radius 2 is 2.00 bits per heavy atom. The standard InChI is InChI=1S/C11H13FO2/c1-7-4-5-8(12)6-9(7)11(2,3)10(13)14/h4-6H,1-3H3,(H,13,14). The molecule has 0 heterocycles. The zero-order chi connectivity index (χ0) is 10.9. The number of rotatable bonds is 2. The Labute approximate surface area is 82.4 Å². The molecule has 0 amide bonds. The van der Waals surface area contributed by atoms with Crippen molar-refractivity contribution in [1.82, 2.24) is 0 Å². The molecule has 1 aromatic rings. The molecule has 0 bridgehead atoms. The van der Waals surface area contributed by atoms with Gasteiger partial charge in [0.25, 0.3) is 0 Å². The summed E-state index contributed by atoms with van der Waals surface area (Å²) in [6.45, 7) is 4.91. The molecule has 3 heteroatoms. The first kappa shape index (κ1) is 10.7. The van der Waals surface area contributed by atoms with Crippen LogP contribution in [0.15, 0.2) is 18.2 Å². The third-order valence-electron chi connectivity index (χ3n) is 2.41. The lowest BCUT2D eigenvalue weighted by molar-refractivity contribution is -0.142. The van der Waals surface area contributed by atoms with Gasteiger partial charge in [0.05, 0.1) is 5.41 Å². The van der Waals surface area contributed by atoms with Crippen molar-refractivity contribution < 1.29 is 14.3 Å². The molecule has 0 radical (unpaired) electrons. The molecule has 2 nitrogen and oxygen atoms in total. The monoisotopic (exact) mass is 196 g/mol. The second kappa shape index (κ2) is 3.40. The van der Waals surface area contributed by atoms with Gasteiger partial charge in [0.1, 0.15) is 5.82 Å². The molecule has 76 valence electrons. The molecule has 14 heavy (non-hydrogen) atoms. The molecule has 1 aromatic carbocycles. The quantitative estimate of drug-likeness (QED) is 0.789. The van der Waals surface area contributed by atoms with E-state index in [1.807, 2.05) is 0 Å². The summed E-state index contributed by atoms with van der Waals surface area (Å²) >= 11 is 0. The number of carboxylic acid groups (broad SMARTS) is 1. The molecule has 0 unspecified atom stereocenters. The number of hydrogen-bond acceptors (Lipinski definition) is 1. The topological polar surface area (TPSA) is 37.3 Å². The van der Waals surface area contributed by atoms with E-state index in [1.54, 1.807) is 26.8 Å². The van der Waals surface area contributed by atoms with Crippen LogP contribution in [-0.4, -0.2) is 11.1 Å². The summed E-state index contributed by atoms with van der Waals surface area (Å²) < 4.78 is 12.9. The Bertz CT molecular complexity index is 370. The van der Waals surface area contributed by atoms with Gasteiger partial charge in [-0.3, -0.25) is 4.79 Å². The third kappa shape index (κ3) is 1.76. The average Bonchev–Trinajstić information content (AvgIpc) is 2.08. The highest BCUT2D eigenvalue weighted by molar-refractivity contribution is 5.80. The maximum atomic E-state index is 12.9. The Balaban J connectivity index is 3.31.